The summed E-state index contributed by atoms with van der Waals surface area (Å²) in [5.41, 5.74) is -0.622. The molecule has 0 radical (unpaired) electrons. The van der Waals surface area contributed by atoms with Gasteiger partial charge in [0.25, 0.3) is 20.0 Å². The van der Waals surface area contributed by atoms with E-state index in [1.165, 1.54) is 42.5 Å². The molecule has 0 heterocycles. The number of amides is 1. The number of benzene rings is 4. The van der Waals surface area contributed by atoms with Crippen LogP contribution in [0.25, 0.3) is 0 Å². The zero-order valence-electron chi connectivity index (χ0n) is 22.4. The van der Waals surface area contributed by atoms with Crippen LogP contribution in [0.4, 0.5) is 30.2 Å². The molecule has 232 valence electrons. The van der Waals surface area contributed by atoms with E-state index in [4.69, 9.17) is 34.8 Å². The molecule has 44 heavy (non-hydrogen) atoms. The predicted octanol–water partition coefficient (Wildman–Crippen LogP) is 7.61. The Bertz CT molecular complexity index is 1900. The maximum Gasteiger partial charge on any atom is 0.417 e. The van der Waals surface area contributed by atoms with Gasteiger partial charge in [0.1, 0.15) is 6.54 Å². The maximum absolute atomic E-state index is 13.6. The largest absolute Gasteiger partial charge is 0.417 e. The molecule has 4 rings (SSSR count). The molecule has 0 bridgehead atoms. The lowest BCUT2D eigenvalue weighted by molar-refractivity contribution is -0.137. The highest BCUT2D eigenvalue weighted by atomic mass is 35.5. The third-order valence-electron chi connectivity index (χ3n) is 6.00. The summed E-state index contributed by atoms with van der Waals surface area (Å²) >= 11 is 17.8. The van der Waals surface area contributed by atoms with Crippen molar-refractivity contribution in [3.63, 3.8) is 0 Å². The van der Waals surface area contributed by atoms with E-state index in [0.29, 0.717) is 6.07 Å². The molecule has 0 spiro atoms. The molecular weight excluding hydrogens is 686 g/mol. The molecule has 16 heteroatoms. The van der Waals surface area contributed by atoms with Crippen LogP contribution in [-0.4, -0.2) is 29.3 Å². The van der Waals surface area contributed by atoms with Crippen molar-refractivity contribution < 1.29 is 34.8 Å². The molecule has 0 fully saturated rings. The number of halogens is 6. The third-order valence-corrected chi connectivity index (χ3v) is 9.96. The lowest BCUT2D eigenvalue weighted by Crippen LogP contribution is -2.38. The summed E-state index contributed by atoms with van der Waals surface area (Å²) in [6, 6.07) is 17.3. The third kappa shape index (κ3) is 7.96. The SMILES string of the molecule is Cc1ccc(S(=O)(=O)N(CC(=O)Nc2ccc(S(=O)(=O)Nc3ccc(Cl)c(C(F)(F)F)c3)cc2)c2cc(Cl)cc(Cl)c2)cc1. The van der Waals surface area contributed by atoms with Crippen molar-refractivity contribution in [2.24, 2.45) is 0 Å². The van der Waals surface area contributed by atoms with Crippen LogP contribution in [0, 0.1) is 6.92 Å². The molecule has 0 aliphatic rings. The Morgan fingerprint density at radius 1 is 0.773 bits per heavy atom. The van der Waals surface area contributed by atoms with Crippen LogP contribution < -0.4 is 14.3 Å². The van der Waals surface area contributed by atoms with Crippen molar-refractivity contribution in [2.75, 3.05) is 20.9 Å². The summed E-state index contributed by atoms with van der Waals surface area (Å²) in [5, 5.41) is 2.17. The smallest absolute Gasteiger partial charge is 0.325 e. The number of sulfonamides is 2. The first-order valence-electron chi connectivity index (χ1n) is 12.3. The number of alkyl halides is 3. The molecule has 2 N–H and O–H groups in total. The van der Waals surface area contributed by atoms with E-state index in [1.54, 1.807) is 19.1 Å². The minimum atomic E-state index is -4.80. The van der Waals surface area contributed by atoms with Crippen molar-refractivity contribution in [1.29, 1.82) is 0 Å². The number of carbonyl (C=O) groups excluding carboxylic acids is 1. The molecule has 0 aliphatic carbocycles. The number of hydrogen-bond donors (Lipinski definition) is 2. The summed E-state index contributed by atoms with van der Waals surface area (Å²) in [6.45, 7) is 1.08. The average Bonchev–Trinajstić information content (AvgIpc) is 2.92. The summed E-state index contributed by atoms with van der Waals surface area (Å²) in [4.78, 5) is 12.6. The van der Waals surface area contributed by atoms with Gasteiger partial charge in [-0.15, -0.1) is 0 Å². The van der Waals surface area contributed by atoms with E-state index in [1.807, 2.05) is 0 Å². The Morgan fingerprint density at radius 3 is 1.89 bits per heavy atom. The van der Waals surface area contributed by atoms with E-state index in [9.17, 15) is 34.8 Å². The molecule has 4 aromatic rings. The maximum atomic E-state index is 13.6. The minimum absolute atomic E-state index is 0.0293. The van der Waals surface area contributed by atoms with Crippen molar-refractivity contribution in [1.82, 2.24) is 0 Å². The quantitative estimate of drug-likeness (QED) is 0.186. The van der Waals surface area contributed by atoms with Crippen LogP contribution in [0.15, 0.2) is 94.7 Å². The molecule has 0 saturated carbocycles. The lowest BCUT2D eigenvalue weighted by atomic mass is 10.2. The molecule has 0 saturated heterocycles. The first kappa shape index (κ1) is 33.4. The molecule has 8 nitrogen and oxygen atoms in total. The fourth-order valence-corrected chi connectivity index (χ4v) is 7.10. The van der Waals surface area contributed by atoms with E-state index < -0.39 is 49.3 Å². The Hall–Kier alpha value is -3.49. The molecule has 4 aromatic carbocycles. The van der Waals surface area contributed by atoms with Gasteiger partial charge in [0.2, 0.25) is 5.91 Å². The summed E-state index contributed by atoms with van der Waals surface area (Å²) < 4.78 is 95.1. The standard InChI is InChI=1S/C28H21Cl3F3N3O5S2/c1-17-2-7-24(8-3-17)44(41,42)37(22-13-18(29)12-19(30)14-22)16-27(38)35-20-4-9-23(10-5-20)43(39,40)36-21-6-11-26(31)25(15-21)28(32,33)34/h2-15,36H,16H2,1H3,(H,35,38). The van der Waals surface area contributed by atoms with Gasteiger partial charge < -0.3 is 5.32 Å². The van der Waals surface area contributed by atoms with Gasteiger partial charge in [0.05, 0.1) is 26.1 Å². The van der Waals surface area contributed by atoms with Crippen LogP contribution in [-0.2, 0) is 31.0 Å². The summed E-state index contributed by atoms with van der Waals surface area (Å²) in [6.07, 6.45) is -4.80. The summed E-state index contributed by atoms with van der Waals surface area (Å²) in [7, 11) is -8.61. The fourth-order valence-electron chi connectivity index (χ4n) is 3.90. The van der Waals surface area contributed by atoms with Crippen LogP contribution in [0.1, 0.15) is 11.1 Å². The van der Waals surface area contributed by atoms with Crippen molar-refractivity contribution in [3.05, 3.63) is 111 Å². The highest BCUT2D eigenvalue weighted by Crippen LogP contribution is 2.36. The Balaban J connectivity index is 1.54. The number of nitrogens with zero attached hydrogens (tertiary/aromatic N) is 1. The number of hydrogen-bond acceptors (Lipinski definition) is 5. The number of rotatable bonds is 9. The van der Waals surface area contributed by atoms with Gasteiger partial charge in [0.15, 0.2) is 0 Å². The van der Waals surface area contributed by atoms with Gasteiger partial charge in [-0.25, -0.2) is 16.8 Å². The van der Waals surface area contributed by atoms with Gasteiger partial charge >= 0.3 is 6.18 Å². The van der Waals surface area contributed by atoms with Crippen molar-refractivity contribution >= 4 is 77.8 Å². The Kier molecular flexibility index (Phi) is 9.76. The molecular formula is C28H21Cl3F3N3O5S2. The topological polar surface area (TPSA) is 113 Å². The number of nitrogens with one attached hydrogen (secondary N) is 2. The van der Waals surface area contributed by atoms with Crippen LogP contribution in [0.5, 0.6) is 0 Å². The molecule has 0 unspecified atom stereocenters. The second-order valence-corrected chi connectivity index (χ2v) is 14.1. The molecule has 1 amide bonds. The van der Waals surface area contributed by atoms with E-state index in [2.05, 4.69) is 10.0 Å². The van der Waals surface area contributed by atoms with Gasteiger partial charge in [-0.05, 0) is 79.7 Å². The second-order valence-electron chi connectivity index (χ2n) is 9.32. The fraction of sp³-hybridized carbons (Fsp3) is 0.107. The van der Waals surface area contributed by atoms with E-state index >= 15 is 0 Å². The zero-order chi connectivity index (χ0) is 32.4. The molecule has 0 aromatic heterocycles. The second kappa shape index (κ2) is 12.9. The van der Waals surface area contributed by atoms with Gasteiger partial charge in [-0.1, -0.05) is 52.5 Å². The van der Waals surface area contributed by atoms with Crippen LogP contribution >= 0.6 is 34.8 Å². The van der Waals surface area contributed by atoms with Crippen LogP contribution in [0.2, 0.25) is 15.1 Å². The predicted molar refractivity (Wildman–Crippen MR) is 165 cm³/mol. The highest BCUT2D eigenvalue weighted by Gasteiger charge is 2.34. The first-order chi connectivity index (χ1) is 20.5. The van der Waals surface area contributed by atoms with Crippen molar-refractivity contribution in [3.8, 4) is 0 Å². The normalized spacial score (nSPS) is 12.1. The monoisotopic (exact) mass is 705 g/mol. The van der Waals surface area contributed by atoms with Gasteiger partial charge in [0, 0.05) is 21.4 Å². The van der Waals surface area contributed by atoms with Crippen LogP contribution in [0.3, 0.4) is 0 Å². The highest BCUT2D eigenvalue weighted by molar-refractivity contribution is 7.93. The summed E-state index contributed by atoms with van der Waals surface area (Å²) in [5.74, 6) is -0.786. The molecule has 0 aliphatic heterocycles. The number of aryl methyl sites for hydroxylation is 1. The van der Waals surface area contributed by atoms with E-state index in [0.717, 1.165) is 34.1 Å². The van der Waals surface area contributed by atoms with Gasteiger partial charge in [-0.2, -0.15) is 13.2 Å². The Labute approximate surface area is 266 Å². The Morgan fingerprint density at radius 2 is 1.32 bits per heavy atom. The lowest BCUT2D eigenvalue weighted by Gasteiger charge is -2.24. The average molecular weight is 707 g/mol. The molecule has 0 atom stereocenters. The van der Waals surface area contributed by atoms with E-state index in [-0.39, 0.29) is 36.9 Å². The zero-order valence-corrected chi connectivity index (χ0v) is 26.3. The van der Waals surface area contributed by atoms with Gasteiger partial charge in [-0.3, -0.25) is 13.8 Å². The first-order valence-corrected chi connectivity index (χ1v) is 16.4. The number of anilines is 3. The van der Waals surface area contributed by atoms with Crippen molar-refractivity contribution in [2.45, 2.75) is 22.9 Å². The minimum Gasteiger partial charge on any atom is -0.325 e. The number of carbonyl (C=O) groups is 1.